The minimum Gasteiger partial charge on any atom is -0.365 e. The number of nitrogens with zero attached hydrogens (tertiary/aromatic N) is 2. The minimum atomic E-state index is -4.43. The fraction of sp³-hybridized carbons (Fsp3) is 0.467. The van der Waals surface area contributed by atoms with Gasteiger partial charge < -0.3 is 14.9 Å². The van der Waals surface area contributed by atoms with Gasteiger partial charge in [-0.05, 0) is 25.8 Å². The largest absolute Gasteiger partial charge is 0.432 e. The van der Waals surface area contributed by atoms with Crippen molar-refractivity contribution in [1.29, 1.82) is 0 Å². The second kappa shape index (κ2) is 5.75. The van der Waals surface area contributed by atoms with Crippen LogP contribution < -0.4 is 0 Å². The highest BCUT2D eigenvalue weighted by Crippen LogP contribution is 2.31. The van der Waals surface area contributed by atoms with E-state index in [-0.39, 0.29) is 11.8 Å². The number of imidazole rings is 1. The van der Waals surface area contributed by atoms with Gasteiger partial charge in [0.15, 0.2) is 0 Å². The first-order valence-corrected chi connectivity index (χ1v) is 7.41. The number of halogens is 3. The van der Waals surface area contributed by atoms with E-state index in [0.717, 1.165) is 18.3 Å². The van der Waals surface area contributed by atoms with E-state index < -0.39 is 11.9 Å². The second-order valence-electron chi connectivity index (χ2n) is 5.79. The number of H-pyrrole nitrogens is 2. The van der Waals surface area contributed by atoms with Gasteiger partial charge in [0, 0.05) is 30.9 Å². The van der Waals surface area contributed by atoms with E-state index in [2.05, 4.69) is 15.0 Å². The topological polar surface area (TPSA) is 64.8 Å². The number of alkyl halides is 3. The molecule has 124 valence electrons. The molecule has 0 unspecified atom stereocenters. The SMILES string of the molecule is Cc1[nH]ccc1C(=O)N1CCC[C@@H](c2ncc(C(F)(F)F)[nH]2)C1. The van der Waals surface area contributed by atoms with Crippen LogP contribution in [0.25, 0.3) is 0 Å². The average molecular weight is 326 g/mol. The van der Waals surface area contributed by atoms with E-state index in [4.69, 9.17) is 0 Å². The standard InChI is InChI=1S/C15H17F3N4O/c1-9-11(4-5-19-9)14(23)22-6-2-3-10(8-22)13-20-7-12(21-13)15(16,17)18/h4-5,7,10,19H,2-3,6,8H2,1H3,(H,20,21)/t10-/m1/s1. The predicted molar refractivity (Wildman–Crippen MR) is 77.0 cm³/mol. The Morgan fingerprint density at radius 2 is 2.22 bits per heavy atom. The van der Waals surface area contributed by atoms with E-state index >= 15 is 0 Å². The molecule has 1 saturated heterocycles. The summed E-state index contributed by atoms with van der Waals surface area (Å²) in [5, 5.41) is 0. The molecule has 1 amide bonds. The molecule has 0 aliphatic carbocycles. The monoisotopic (exact) mass is 326 g/mol. The number of aromatic amines is 2. The molecule has 0 aromatic carbocycles. The second-order valence-corrected chi connectivity index (χ2v) is 5.79. The van der Waals surface area contributed by atoms with Gasteiger partial charge in [0.25, 0.3) is 5.91 Å². The third kappa shape index (κ3) is 3.11. The highest BCUT2D eigenvalue weighted by Gasteiger charge is 2.35. The first-order valence-electron chi connectivity index (χ1n) is 7.41. The van der Waals surface area contributed by atoms with Crippen LogP contribution in [0.5, 0.6) is 0 Å². The summed E-state index contributed by atoms with van der Waals surface area (Å²) >= 11 is 0. The van der Waals surface area contributed by atoms with Crippen LogP contribution in [0.15, 0.2) is 18.5 Å². The molecule has 23 heavy (non-hydrogen) atoms. The van der Waals surface area contributed by atoms with Gasteiger partial charge in [-0.2, -0.15) is 13.2 Å². The van der Waals surface area contributed by atoms with E-state index in [0.29, 0.717) is 30.9 Å². The zero-order chi connectivity index (χ0) is 16.6. The molecule has 1 aliphatic heterocycles. The fourth-order valence-electron chi connectivity index (χ4n) is 2.93. The number of hydrogen-bond acceptors (Lipinski definition) is 2. The maximum absolute atomic E-state index is 12.7. The quantitative estimate of drug-likeness (QED) is 0.891. The Bertz CT molecular complexity index is 704. The highest BCUT2D eigenvalue weighted by atomic mass is 19.4. The van der Waals surface area contributed by atoms with Crippen molar-refractivity contribution in [2.45, 2.75) is 31.9 Å². The molecule has 2 aromatic rings. The summed E-state index contributed by atoms with van der Waals surface area (Å²) < 4.78 is 38.0. The van der Waals surface area contributed by atoms with Crippen molar-refractivity contribution in [3.8, 4) is 0 Å². The number of likely N-dealkylation sites (tertiary alicyclic amines) is 1. The lowest BCUT2D eigenvalue weighted by molar-refractivity contribution is -0.141. The Balaban J connectivity index is 1.75. The van der Waals surface area contributed by atoms with Gasteiger partial charge in [0.2, 0.25) is 0 Å². The maximum Gasteiger partial charge on any atom is 0.432 e. The molecule has 2 aromatic heterocycles. The zero-order valence-electron chi connectivity index (χ0n) is 12.6. The van der Waals surface area contributed by atoms with Gasteiger partial charge in [-0.3, -0.25) is 4.79 Å². The summed E-state index contributed by atoms with van der Waals surface area (Å²) in [6.45, 7) is 2.79. The van der Waals surface area contributed by atoms with Gasteiger partial charge in [-0.25, -0.2) is 4.98 Å². The molecule has 0 saturated carbocycles. The third-order valence-electron chi connectivity index (χ3n) is 4.18. The Morgan fingerprint density at radius 3 is 2.83 bits per heavy atom. The molecule has 1 fully saturated rings. The van der Waals surface area contributed by atoms with Crippen LogP contribution in [-0.4, -0.2) is 38.8 Å². The van der Waals surface area contributed by atoms with Crippen LogP contribution >= 0.6 is 0 Å². The molecular weight excluding hydrogens is 309 g/mol. The van der Waals surface area contributed by atoms with Crippen LogP contribution in [0.1, 0.15) is 46.3 Å². The molecule has 0 bridgehead atoms. The summed E-state index contributed by atoms with van der Waals surface area (Å²) in [5.41, 5.74) is 0.535. The smallest absolute Gasteiger partial charge is 0.365 e. The lowest BCUT2D eigenvalue weighted by atomic mass is 9.96. The number of amides is 1. The summed E-state index contributed by atoms with van der Waals surface area (Å²) in [4.78, 5) is 23.4. The lowest BCUT2D eigenvalue weighted by Gasteiger charge is -2.32. The molecule has 2 N–H and O–H groups in total. The number of carbonyl (C=O) groups is 1. The van der Waals surface area contributed by atoms with Crippen molar-refractivity contribution >= 4 is 5.91 Å². The Hall–Kier alpha value is -2.25. The Labute approximate surface area is 130 Å². The lowest BCUT2D eigenvalue weighted by Crippen LogP contribution is -2.39. The van der Waals surface area contributed by atoms with E-state index in [1.165, 1.54) is 0 Å². The minimum absolute atomic E-state index is 0.101. The van der Waals surface area contributed by atoms with Gasteiger partial charge in [-0.15, -0.1) is 0 Å². The first kappa shape index (κ1) is 15.6. The Kier molecular flexibility index (Phi) is 3.91. The third-order valence-corrected chi connectivity index (χ3v) is 4.18. The summed E-state index contributed by atoms with van der Waals surface area (Å²) in [5.74, 6) is -0.0142. The van der Waals surface area contributed by atoms with Crippen LogP contribution in [0.4, 0.5) is 13.2 Å². The van der Waals surface area contributed by atoms with Gasteiger partial charge in [0.05, 0.1) is 11.8 Å². The molecule has 3 heterocycles. The van der Waals surface area contributed by atoms with Crippen molar-refractivity contribution in [1.82, 2.24) is 19.9 Å². The normalized spacial score (nSPS) is 19.1. The molecule has 3 rings (SSSR count). The molecule has 5 nitrogen and oxygen atoms in total. The zero-order valence-corrected chi connectivity index (χ0v) is 12.6. The fourth-order valence-corrected chi connectivity index (χ4v) is 2.93. The van der Waals surface area contributed by atoms with E-state index in [9.17, 15) is 18.0 Å². The number of nitrogens with one attached hydrogen (secondary N) is 2. The predicted octanol–water partition coefficient (Wildman–Crippen LogP) is 3.08. The van der Waals surface area contributed by atoms with Crippen LogP contribution in [0.2, 0.25) is 0 Å². The number of carbonyl (C=O) groups excluding carboxylic acids is 1. The maximum atomic E-state index is 12.7. The average Bonchev–Trinajstić information content (AvgIpc) is 3.15. The first-order chi connectivity index (χ1) is 10.9. The summed E-state index contributed by atoms with van der Waals surface area (Å²) in [7, 11) is 0. The molecular formula is C15H17F3N4O. The van der Waals surface area contributed by atoms with Crippen LogP contribution in [0.3, 0.4) is 0 Å². The van der Waals surface area contributed by atoms with Crippen molar-refractivity contribution in [3.63, 3.8) is 0 Å². The molecule has 1 aliphatic rings. The van der Waals surface area contributed by atoms with Crippen LogP contribution in [-0.2, 0) is 6.18 Å². The molecule has 0 radical (unpaired) electrons. The van der Waals surface area contributed by atoms with Gasteiger partial charge in [-0.1, -0.05) is 0 Å². The van der Waals surface area contributed by atoms with Gasteiger partial charge >= 0.3 is 6.18 Å². The molecule has 1 atom stereocenters. The van der Waals surface area contributed by atoms with Crippen molar-refractivity contribution in [2.75, 3.05) is 13.1 Å². The van der Waals surface area contributed by atoms with E-state index in [1.54, 1.807) is 17.2 Å². The number of piperidine rings is 1. The van der Waals surface area contributed by atoms with Crippen molar-refractivity contribution in [2.24, 2.45) is 0 Å². The summed E-state index contributed by atoms with van der Waals surface area (Å²) in [6, 6.07) is 1.72. The molecule has 8 heteroatoms. The van der Waals surface area contributed by atoms with Crippen molar-refractivity contribution in [3.05, 3.63) is 41.2 Å². The number of rotatable bonds is 2. The van der Waals surface area contributed by atoms with Crippen LogP contribution in [0, 0.1) is 6.92 Å². The van der Waals surface area contributed by atoms with Crippen molar-refractivity contribution < 1.29 is 18.0 Å². The van der Waals surface area contributed by atoms with Gasteiger partial charge in [0.1, 0.15) is 11.5 Å². The Morgan fingerprint density at radius 1 is 1.43 bits per heavy atom. The highest BCUT2D eigenvalue weighted by molar-refractivity contribution is 5.95. The molecule has 0 spiro atoms. The summed E-state index contributed by atoms with van der Waals surface area (Å²) in [6.07, 6.45) is -0.473. The number of aromatic nitrogens is 3. The van der Waals surface area contributed by atoms with E-state index in [1.807, 2.05) is 6.92 Å². The number of aryl methyl sites for hydroxylation is 1. The number of hydrogen-bond donors (Lipinski definition) is 2.